The van der Waals surface area contributed by atoms with Crippen molar-refractivity contribution in [3.8, 4) is 0 Å². The van der Waals surface area contributed by atoms with Crippen molar-refractivity contribution in [2.75, 3.05) is 26.8 Å². The summed E-state index contributed by atoms with van der Waals surface area (Å²) in [5.74, 6) is -1.70. The summed E-state index contributed by atoms with van der Waals surface area (Å²) in [5.41, 5.74) is 5.41. The van der Waals surface area contributed by atoms with Gasteiger partial charge in [-0.2, -0.15) is 0 Å². The van der Waals surface area contributed by atoms with Gasteiger partial charge in [-0.3, -0.25) is 9.59 Å². The lowest BCUT2D eigenvalue weighted by Gasteiger charge is -2.28. The lowest BCUT2D eigenvalue weighted by molar-refractivity contribution is -0.145. The highest BCUT2D eigenvalue weighted by Gasteiger charge is 2.39. The van der Waals surface area contributed by atoms with Crippen molar-refractivity contribution in [3.63, 3.8) is 0 Å². The minimum Gasteiger partial charge on any atom is -0.481 e. The average Bonchev–Trinajstić information content (AvgIpc) is 2.83. The van der Waals surface area contributed by atoms with Crippen LogP contribution in [0.5, 0.6) is 0 Å². The van der Waals surface area contributed by atoms with E-state index in [4.69, 9.17) is 15.6 Å². The number of likely N-dealkylation sites (N-methyl/N-ethyl adjacent to an activating group) is 1. The highest BCUT2D eigenvalue weighted by Crippen LogP contribution is 2.21. The van der Waals surface area contributed by atoms with E-state index in [2.05, 4.69) is 0 Å². The number of nitrogens with zero attached hydrogens (tertiary/aromatic N) is 1. The van der Waals surface area contributed by atoms with Crippen LogP contribution in [0.15, 0.2) is 0 Å². The van der Waals surface area contributed by atoms with Crippen molar-refractivity contribution in [3.05, 3.63) is 0 Å². The van der Waals surface area contributed by atoms with Crippen molar-refractivity contribution in [1.29, 1.82) is 0 Å². The molecule has 104 valence electrons. The number of carbonyl (C=O) groups is 2. The number of hydrogen-bond acceptors (Lipinski definition) is 4. The molecule has 1 aliphatic heterocycles. The van der Waals surface area contributed by atoms with Crippen LogP contribution in [0.1, 0.15) is 19.8 Å². The minimum atomic E-state index is -0.910. The largest absolute Gasteiger partial charge is 0.481 e. The molecule has 1 aliphatic rings. The van der Waals surface area contributed by atoms with Crippen molar-refractivity contribution in [2.45, 2.75) is 25.8 Å². The number of carboxylic acid groups (broad SMARTS) is 1. The summed E-state index contributed by atoms with van der Waals surface area (Å²) in [4.78, 5) is 24.7. The summed E-state index contributed by atoms with van der Waals surface area (Å²) in [6, 6.07) is -0.365. The first-order chi connectivity index (χ1) is 8.49. The molecular weight excluding hydrogens is 236 g/mol. The van der Waals surface area contributed by atoms with E-state index in [0.29, 0.717) is 13.2 Å². The van der Waals surface area contributed by atoms with Crippen LogP contribution in [-0.4, -0.2) is 54.7 Å². The molecule has 0 saturated carbocycles. The Labute approximate surface area is 107 Å². The van der Waals surface area contributed by atoms with Crippen LogP contribution < -0.4 is 5.73 Å². The van der Waals surface area contributed by atoms with Gasteiger partial charge in [-0.15, -0.1) is 0 Å². The first-order valence-electron chi connectivity index (χ1n) is 6.26. The molecule has 1 amide bonds. The van der Waals surface area contributed by atoms with Crippen LogP contribution in [0, 0.1) is 11.8 Å². The molecule has 1 saturated heterocycles. The second-order valence-electron chi connectivity index (χ2n) is 4.83. The zero-order valence-corrected chi connectivity index (χ0v) is 11.0. The number of nitrogens with two attached hydrogens (primary N) is 1. The van der Waals surface area contributed by atoms with E-state index in [1.54, 1.807) is 7.05 Å². The molecule has 1 heterocycles. The quantitative estimate of drug-likeness (QED) is 0.695. The molecule has 0 spiro atoms. The Hall–Kier alpha value is -1.14. The molecule has 6 heteroatoms. The number of carboxylic acids is 1. The summed E-state index contributed by atoms with van der Waals surface area (Å²) >= 11 is 0. The molecule has 3 atom stereocenters. The lowest BCUT2D eigenvalue weighted by Crippen LogP contribution is -2.46. The molecule has 18 heavy (non-hydrogen) atoms. The van der Waals surface area contributed by atoms with Crippen molar-refractivity contribution >= 4 is 11.9 Å². The van der Waals surface area contributed by atoms with Gasteiger partial charge in [0.15, 0.2) is 0 Å². The van der Waals surface area contributed by atoms with E-state index in [9.17, 15) is 9.59 Å². The molecule has 1 rings (SSSR count). The summed E-state index contributed by atoms with van der Waals surface area (Å²) in [7, 11) is 1.65. The minimum absolute atomic E-state index is 0.0369. The van der Waals surface area contributed by atoms with Gasteiger partial charge in [-0.05, 0) is 19.4 Å². The van der Waals surface area contributed by atoms with Gasteiger partial charge in [-0.25, -0.2) is 0 Å². The number of aliphatic carboxylic acids is 1. The van der Waals surface area contributed by atoms with Gasteiger partial charge in [-0.1, -0.05) is 6.92 Å². The fourth-order valence-corrected chi connectivity index (χ4v) is 2.22. The third-order valence-electron chi connectivity index (χ3n) is 3.48. The van der Waals surface area contributed by atoms with E-state index in [-0.39, 0.29) is 24.5 Å². The lowest BCUT2D eigenvalue weighted by atomic mass is 9.99. The maximum Gasteiger partial charge on any atom is 0.311 e. The maximum atomic E-state index is 12.1. The summed E-state index contributed by atoms with van der Waals surface area (Å²) in [5, 5.41) is 9.06. The van der Waals surface area contributed by atoms with Crippen LogP contribution in [-0.2, 0) is 14.3 Å². The Morgan fingerprint density at radius 1 is 1.50 bits per heavy atom. The maximum absolute atomic E-state index is 12.1. The Balaban J connectivity index is 2.59. The van der Waals surface area contributed by atoms with Crippen LogP contribution in [0.25, 0.3) is 0 Å². The van der Waals surface area contributed by atoms with E-state index in [1.165, 1.54) is 4.90 Å². The molecule has 3 unspecified atom stereocenters. The molecule has 0 aromatic heterocycles. The number of amides is 1. The van der Waals surface area contributed by atoms with Crippen LogP contribution in [0.2, 0.25) is 0 Å². The van der Waals surface area contributed by atoms with E-state index in [0.717, 1.165) is 12.8 Å². The highest BCUT2D eigenvalue weighted by atomic mass is 16.5. The molecule has 6 nitrogen and oxygen atoms in total. The second kappa shape index (κ2) is 6.70. The van der Waals surface area contributed by atoms with Gasteiger partial charge < -0.3 is 20.5 Å². The Morgan fingerprint density at radius 2 is 2.17 bits per heavy atom. The van der Waals surface area contributed by atoms with E-state index < -0.39 is 11.9 Å². The van der Waals surface area contributed by atoms with Crippen molar-refractivity contribution < 1.29 is 19.4 Å². The highest BCUT2D eigenvalue weighted by molar-refractivity contribution is 5.80. The fraction of sp³-hybridized carbons (Fsp3) is 0.833. The molecule has 0 aromatic carbocycles. The number of hydrogen-bond donors (Lipinski definition) is 2. The van der Waals surface area contributed by atoms with Gasteiger partial charge in [0.05, 0.1) is 19.3 Å². The van der Waals surface area contributed by atoms with Gasteiger partial charge in [0.1, 0.15) is 5.92 Å². The Kier molecular flexibility index (Phi) is 5.55. The fourth-order valence-electron chi connectivity index (χ4n) is 2.22. The normalized spacial score (nSPS) is 24.8. The van der Waals surface area contributed by atoms with Gasteiger partial charge in [0.25, 0.3) is 0 Å². The number of ether oxygens (including phenoxy) is 1. The third-order valence-corrected chi connectivity index (χ3v) is 3.48. The molecule has 0 aliphatic carbocycles. The summed E-state index contributed by atoms with van der Waals surface area (Å²) < 4.78 is 5.17. The van der Waals surface area contributed by atoms with Gasteiger partial charge >= 0.3 is 5.97 Å². The first-order valence-corrected chi connectivity index (χ1v) is 6.26. The Bertz CT molecular complexity index is 308. The molecule has 0 aromatic rings. The smallest absolute Gasteiger partial charge is 0.311 e. The van der Waals surface area contributed by atoms with Crippen molar-refractivity contribution in [2.24, 2.45) is 17.6 Å². The molecular formula is C12H22N2O4. The first kappa shape index (κ1) is 14.9. The van der Waals surface area contributed by atoms with Crippen LogP contribution in [0.3, 0.4) is 0 Å². The SMILES string of the molecule is CC(CCCN)C(=O)N(C)C1COCC1C(=O)O. The monoisotopic (exact) mass is 258 g/mol. The standard InChI is InChI=1S/C12H22N2O4/c1-8(4-3-5-13)11(15)14(2)10-7-18-6-9(10)12(16)17/h8-10H,3-7,13H2,1-2H3,(H,16,17). The third kappa shape index (κ3) is 3.43. The molecule has 3 N–H and O–H groups in total. The Morgan fingerprint density at radius 3 is 2.72 bits per heavy atom. The second-order valence-corrected chi connectivity index (χ2v) is 4.83. The summed E-state index contributed by atoms with van der Waals surface area (Å²) in [6.07, 6.45) is 1.52. The van der Waals surface area contributed by atoms with E-state index in [1.807, 2.05) is 6.92 Å². The predicted octanol–water partition coefficient (Wildman–Crippen LogP) is -0.0806. The molecule has 0 radical (unpaired) electrons. The van der Waals surface area contributed by atoms with Gasteiger partial charge in [0, 0.05) is 13.0 Å². The topological polar surface area (TPSA) is 92.9 Å². The zero-order chi connectivity index (χ0) is 13.7. The number of carbonyl (C=O) groups excluding carboxylic acids is 1. The van der Waals surface area contributed by atoms with Gasteiger partial charge in [0.2, 0.25) is 5.91 Å². The van der Waals surface area contributed by atoms with E-state index >= 15 is 0 Å². The number of rotatable bonds is 6. The molecule has 0 bridgehead atoms. The van der Waals surface area contributed by atoms with Crippen LogP contribution in [0.4, 0.5) is 0 Å². The predicted molar refractivity (Wildman–Crippen MR) is 66.0 cm³/mol. The average molecular weight is 258 g/mol. The van der Waals surface area contributed by atoms with Crippen LogP contribution >= 0.6 is 0 Å². The summed E-state index contributed by atoms with van der Waals surface area (Å²) in [6.45, 7) is 2.88. The zero-order valence-electron chi connectivity index (χ0n) is 11.0. The molecule has 1 fully saturated rings. The van der Waals surface area contributed by atoms with Crippen molar-refractivity contribution in [1.82, 2.24) is 4.90 Å².